The lowest BCUT2D eigenvalue weighted by Crippen LogP contribution is -2.36. The minimum absolute atomic E-state index is 0.248. The average Bonchev–Trinajstić information content (AvgIpc) is 2.56. The zero-order valence-electron chi connectivity index (χ0n) is 16.2. The molecule has 2 aromatic rings. The number of halogens is 4. The molecule has 0 aliphatic heterocycles. The molecule has 0 spiro atoms. The van der Waals surface area contributed by atoms with E-state index in [2.05, 4.69) is 5.32 Å². The summed E-state index contributed by atoms with van der Waals surface area (Å²) in [4.78, 5) is 11.4. The van der Waals surface area contributed by atoms with Gasteiger partial charge in [-0.2, -0.15) is 17.5 Å². The number of sulfonamides is 1. The molecule has 29 heavy (non-hydrogen) atoms. The fraction of sp³-hybridized carbons (Fsp3) is 0.316. The summed E-state index contributed by atoms with van der Waals surface area (Å²) in [6, 6.07) is 6.08. The molecule has 0 radical (unpaired) electrons. The summed E-state index contributed by atoms with van der Waals surface area (Å²) in [5.41, 5.74) is 1.73. The minimum atomic E-state index is -4.92. The molecule has 158 valence electrons. The molecule has 0 bridgehead atoms. The first-order chi connectivity index (χ1) is 13.2. The molecule has 0 saturated heterocycles. The van der Waals surface area contributed by atoms with E-state index in [1.165, 1.54) is 0 Å². The Kier molecular flexibility index (Phi) is 6.66. The first kappa shape index (κ1) is 23.2. The molecule has 0 atom stereocenters. The van der Waals surface area contributed by atoms with Crippen molar-refractivity contribution in [3.8, 4) is 0 Å². The number of anilines is 1. The van der Waals surface area contributed by atoms with E-state index in [4.69, 9.17) is 11.6 Å². The van der Waals surface area contributed by atoms with Crippen LogP contribution in [0.3, 0.4) is 0 Å². The lowest BCUT2D eigenvalue weighted by Gasteiger charge is -2.21. The quantitative estimate of drug-likeness (QED) is 0.730. The van der Waals surface area contributed by atoms with E-state index in [0.29, 0.717) is 16.1 Å². The molecular formula is C19H20ClF3N2O3S. The largest absolute Gasteiger partial charge is 0.417 e. The molecule has 1 N–H and O–H groups in total. The highest BCUT2D eigenvalue weighted by Gasteiger charge is 2.39. The number of hydrogen-bond acceptors (Lipinski definition) is 3. The van der Waals surface area contributed by atoms with Gasteiger partial charge in [0.1, 0.15) is 0 Å². The maximum Gasteiger partial charge on any atom is 0.417 e. The first-order valence-electron chi connectivity index (χ1n) is 8.44. The highest BCUT2D eigenvalue weighted by Crippen LogP contribution is 2.36. The van der Waals surface area contributed by atoms with Gasteiger partial charge in [0.2, 0.25) is 15.9 Å². The summed E-state index contributed by atoms with van der Waals surface area (Å²) < 4.78 is 65.7. The predicted molar refractivity (Wildman–Crippen MR) is 106 cm³/mol. The highest BCUT2D eigenvalue weighted by atomic mass is 35.5. The Bertz CT molecular complexity index is 1030. The summed E-state index contributed by atoms with van der Waals surface area (Å²) in [6.45, 7) is 4.82. The van der Waals surface area contributed by atoms with Crippen molar-refractivity contribution in [1.82, 2.24) is 4.31 Å². The van der Waals surface area contributed by atoms with Crippen LogP contribution in [0, 0.1) is 20.8 Å². The normalized spacial score (nSPS) is 12.3. The molecule has 0 aromatic heterocycles. The van der Waals surface area contributed by atoms with E-state index in [9.17, 15) is 26.4 Å². The standard InChI is InChI=1S/C19H20ClF3N2O3S/c1-11-7-12(2)18(13(3)8-11)24-17(26)10-25(4)29(27,28)16-6-5-14(20)9-15(16)19(21,22)23/h5-9H,10H2,1-4H3,(H,24,26). The number of aryl methyl sites for hydroxylation is 3. The number of alkyl halides is 3. The van der Waals surface area contributed by atoms with E-state index >= 15 is 0 Å². The van der Waals surface area contributed by atoms with Gasteiger partial charge in [-0.05, 0) is 50.1 Å². The predicted octanol–water partition coefficient (Wildman–Crippen LogP) is 4.54. The van der Waals surface area contributed by atoms with Crippen LogP contribution in [0.4, 0.5) is 18.9 Å². The molecule has 0 aliphatic carbocycles. The Labute approximate surface area is 172 Å². The smallest absolute Gasteiger partial charge is 0.324 e. The van der Waals surface area contributed by atoms with Gasteiger partial charge in [-0.15, -0.1) is 0 Å². The molecule has 2 aromatic carbocycles. The summed E-state index contributed by atoms with van der Waals surface area (Å²) in [5, 5.41) is 2.38. The Hall–Kier alpha value is -2.10. The molecule has 0 unspecified atom stereocenters. The summed E-state index contributed by atoms with van der Waals surface area (Å²) in [7, 11) is -3.55. The molecule has 1 amide bonds. The van der Waals surface area contributed by atoms with Crippen molar-refractivity contribution < 1.29 is 26.4 Å². The molecule has 0 aliphatic rings. The van der Waals surface area contributed by atoms with Gasteiger partial charge in [0.15, 0.2) is 0 Å². The van der Waals surface area contributed by atoms with Crippen molar-refractivity contribution >= 4 is 33.2 Å². The van der Waals surface area contributed by atoms with Gasteiger partial charge in [0.05, 0.1) is 17.0 Å². The van der Waals surface area contributed by atoms with Crippen molar-refractivity contribution in [1.29, 1.82) is 0 Å². The van der Waals surface area contributed by atoms with Crippen LogP contribution in [0.1, 0.15) is 22.3 Å². The van der Waals surface area contributed by atoms with Crippen LogP contribution in [0.5, 0.6) is 0 Å². The van der Waals surface area contributed by atoms with E-state index in [1.54, 1.807) is 13.8 Å². The van der Waals surface area contributed by atoms with Crippen LogP contribution in [0.15, 0.2) is 35.2 Å². The van der Waals surface area contributed by atoms with Crippen LogP contribution in [-0.2, 0) is 21.0 Å². The fourth-order valence-electron chi connectivity index (χ4n) is 2.96. The molecule has 2 rings (SSSR count). The van der Waals surface area contributed by atoms with Crippen molar-refractivity contribution in [2.45, 2.75) is 31.8 Å². The number of likely N-dealkylation sites (N-methyl/N-ethyl adjacent to an activating group) is 1. The maximum atomic E-state index is 13.3. The SMILES string of the molecule is Cc1cc(C)c(NC(=O)CN(C)S(=O)(=O)c2ccc(Cl)cc2C(F)(F)F)c(C)c1. The number of nitrogens with one attached hydrogen (secondary N) is 1. The Balaban J connectivity index is 2.29. The highest BCUT2D eigenvalue weighted by molar-refractivity contribution is 7.89. The van der Waals surface area contributed by atoms with Crippen molar-refractivity contribution in [2.24, 2.45) is 0 Å². The first-order valence-corrected chi connectivity index (χ1v) is 10.3. The summed E-state index contributed by atoms with van der Waals surface area (Å²) in [6.07, 6.45) is -4.92. The lowest BCUT2D eigenvalue weighted by molar-refractivity contribution is -0.139. The monoisotopic (exact) mass is 448 g/mol. The van der Waals surface area contributed by atoms with Crippen molar-refractivity contribution in [3.05, 3.63) is 57.6 Å². The van der Waals surface area contributed by atoms with Gasteiger partial charge in [0, 0.05) is 17.8 Å². The number of carbonyl (C=O) groups is 1. The second kappa shape index (κ2) is 8.33. The summed E-state index contributed by atoms with van der Waals surface area (Å²) >= 11 is 5.60. The third kappa shape index (κ3) is 5.29. The second-order valence-corrected chi connectivity index (χ2v) is 9.17. The molecule has 5 nitrogen and oxygen atoms in total. The lowest BCUT2D eigenvalue weighted by atomic mass is 10.1. The maximum absolute atomic E-state index is 13.3. The number of nitrogens with zero attached hydrogens (tertiary/aromatic N) is 1. The van der Waals surface area contributed by atoms with Crippen LogP contribution < -0.4 is 5.32 Å². The second-order valence-electron chi connectivity index (χ2n) is 6.72. The zero-order chi connectivity index (χ0) is 22.1. The molecule has 0 heterocycles. The van der Waals surface area contributed by atoms with Crippen LogP contribution >= 0.6 is 11.6 Å². The fourth-order valence-corrected chi connectivity index (χ4v) is 4.45. The van der Waals surface area contributed by atoms with E-state index < -0.39 is 39.1 Å². The number of carbonyl (C=O) groups excluding carboxylic acids is 1. The molecule has 10 heteroatoms. The van der Waals surface area contributed by atoms with E-state index in [0.717, 1.165) is 35.9 Å². The van der Waals surface area contributed by atoms with Gasteiger partial charge in [0.25, 0.3) is 0 Å². The Morgan fingerprint density at radius 2 is 1.66 bits per heavy atom. The van der Waals surface area contributed by atoms with Gasteiger partial charge >= 0.3 is 6.18 Å². The van der Waals surface area contributed by atoms with Gasteiger partial charge < -0.3 is 5.32 Å². The van der Waals surface area contributed by atoms with Gasteiger partial charge in [-0.3, -0.25) is 4.79 Å². The number of benzene rings is 2. The van der Waals surface area contributed by atoms with Gasteiger partial charge in [-0.25, -0.2) is 8.42 Å². The van der Waals surface area contributed by atoms with E-state index in [-0.39, 0.29) is 5.02 Å². The number of hydrogen-bond donors (Lipinski definition) is 1. The molecule has 0 saturated carbocycles. The minimum Gasteiger partial charge on any atom is -0.324 e. The van der Waals surface area contributed by atoms with Crippen LogP contribution in [0.2, 0.25) is 5.02 Å². The Morgan fingerprint density at radius 3 is 2.17 bits per heavy atom. The van der Waals surface area contributed by atoms with Crippen LogP contribution in [0.25, 0.3) is 0 Å². The van der Waals surface area contributed by atoms with Gasteiger partial charge in [-0.1, -0.05) is 29.3 Å². The average molecular weight is 449 g/mol. The molecular weight excluding hydrogens is 429 g/mol. The van der Waals surface area contributed by atoms with Crippen molar-refractivity contribution in [3.63, 3.8) is 0 Å². The molecule has 0 fully saturated rings. The number of amides is 1. The third-order valence-corrected chi connectivity index (χ3v) is 6.34. The number of rotatable bonds is 5. The Morgan fingerprint density at radius 1 is 1.10 bits per heavy atom. The third-order valence-electron chi connectivity index (χ3n) is 4.24. The van der Waals surface area contributed by atoms with Crippen molar-refractivity contribution in [2.75, 3.05) is 18.9 Å². The zero-order valence-corrected chi connectivity index (χ0v) is 17.8. The topological polar surface area (TPSA) is 66.5 Å². The van der Waals surface area contributed by atoms with Crippen LogP contribution in [-0.4, -0.2) is 32.2 Å². The van der Waals surface area contributed by atoms with E-state index in [1.807, 2.05) is 19.1 Å². The summed E-state index contributed by atoms with van der Waals surface area (Å²) in [5.74, 6) is -0.673.